The summed E-state index contributed by atoms with van der Waals surface area (Å²) < 4.78 is 0. The van der Waals surface area contributed by atoms with Crippen LogP contribution in [0.3, 0.4) is 0 Å². The first-order chi connectivity index (χ1) is 4.99. The van der Waals surface area contributed by atoms with Crippen LogP contribution in [-0.4, -0.2) is 22.2 Å². The van der Waals surface area contributed by atoms with Crippen LogP contribution in [0.25, 0.3) is 0 Å². The van der Waals surface area contributed by atoms with Gasteiger partial charge in [-0.05, 0) is 12.8 Å². The van der Waals surface area contributed by atoms with Crippen molar-refractivity contribution in [3.05, 3.63) is 12.2 Å². The number of rotatable bonds is 2. The number of carbonyl (C=O) groups is 2. The second-order valence-corrected chi connectivity index (χ2v) is 2.80. The minimum absolute atomic E-state index is 0.0671. The normalized spacial score (nSPS) is 20.5. The maximum Gasteiger partial charge on any atom is 0.321 e. The Hall–Kier alpha value is -1.32. The lowest BCUT2D eigenvalue weighted by Crippen LogP contribution is -2.46. The highest BCUT2D eigenvalue weighted by atomic mass is 16.4. The minimum atomic E-state index is -1.57. The van der Waals surface area contributed by atoms with Crippen molar-refractivity contribution in [2.75, 3.05) is 0 Å². The molecule has 0 heterocycles. The van der Waals surface area contributed by atoms with Gasteiger partial charge < -0.3 is 10.2 Å². The van der Waals surface area contributed by atoms with Gasteiger partial charge in [0.05, 0.1) is 0 Å². The molecule has 0 amide bonds. The van der Waals surface area contributed by atoms with Gasteiger partial charge >= 0.3 is 11.9 Å². The molecule has 0 aromatic carbocycles. The van der Waals surface area contributed by atoms with Gasteiger partial charge in [-0.25, -0.2) is 0 Å². The summed E-state index contributed by atoms with van der Waals surface area (Å²) in [5.74, 6) is -2.53. The summed E-state index contributed by atoms with van der Waals surface area (Å²) in [6.45, 7) is 3.49. The third kappa shape index (κ3) is 0.906. The van der Waals surface area contributed by atoms with Gasteiger partial charge in [0.25, 0.3) is 0 Å². The molecule has 60 valence electrons. The van der Waals surface area contributed by atoms with Crippen LogP contribution >= 0.6 is 0 Å². The Kier molecular flexibility index (Phi) is 1.47. The SMILES string of the molecule is C=C1CC(C(=O)O)(C(=O)O)C1. The third-order valence-electron chi connectivity index (χ3n) is 1.92. The number of aliphatic carboxylic acids is 2. The summed E-state index contributed by atoms with van der Waals surface area (Å²) in [5.41, 5.74) is -0.883. The molecule has 0 unspecified atom stereocenters. The van der Waals surface area contributed by atoms with Crippen LogP contribution in [0.4, 0.5) is 0 Å². The second kappa shape index (κ2) is 2.08. The Morgan fingerprint density at radius 1 is 1.27 bits per heavy atom. The van der Waals surface area contributed by atoms with E-state index in [0.717, 1.165) is 0 Å². The quantitative estimate of drug-likeness (QED) is 0.450. The van der Waals surface area contributed by atoms with Crippen LogP contribution in [0, 0.1) is 5.41 Å². The smallest absolute Gasteiger partial charge is 0.321 e. The largest absolute Gasteiger partial charge is 0.480 e. The van der Waals surface area contributed by atoms with Crippen LogP contribution < -0.4 is 0 Å². The van der Waals surface area contributed by atoms with Crippen molar-refractivity contribution in [2.24, 2.45) is 5.41 Å². The van der Waals surface area contributed by atoms with Gasteiger partial charge in [-0.2, -0.15) is 0 Å². The molecule has 0 aromatic heterocycles. The molecule has 0 bridgehead atoms. The molecule has 1 fully saturated rings. The zero-order chi connectivity index (χ0) is 8.65. The van der Waals surface area contributed by atoms with Gasteiger partial charge in [0, 0.05) is 0 Å². The van der Waals surface area contributed by atoms with E-state index in [2.05, 4.69) is 6.58 Å². The lowest BCUT2D eigenvalue weighted by atomic mass is 9.66. The van der Waals surface area contributed by atoms with E-state index in [1.807, 2.05) is 0 Å². The predicted molar refractivity (Wildman–Crippen MR) is 36.1 cm³/mol. The molecule has 1 rings (SSSR count). The average Bonchev–Trinajstić information content (AvgIpc) is 1.78. The predicted octanol–water partition coefficient (Wildman–Crippen LogP) is 0.492. The van der Waals surface area contributed by atoms with Gasteiger partial charge in [-0.3, -0.25) is 9.59 Å². The first kappa shape index (κ1) is 7.78. The van der Waals surface area contributed by atoms with Crippen LogP contribution in [-0.2, 0) is 9.59 Å². The second-order valence-electron chi connectivity index (χ2n) is 2.80. The molecule has 4 heteroatoms. The summed E-state index contributed by atoms with van der Waals surface area (Å²) >= 11 is 0. The molecule has 0 aromatic rings. The van der Waals surface area contributed by atoms with E-state index in [0.29, 0.717) is 5.57 Å². The fourth-order valence-corrected chi connectivity index (χ4v) is 1.20. The number of hydrogen-bond donors (Lipinski definition) is 2. The standard InChI is InChI=1S/C7H8O4/c1-4-2-7(3-4,5(8)9)6(10)11/h1-3H2,(H,8,9)(H,10,11). The van der Waals surface area contributed by atoms with E-state index in [1.54, 1.807) is 0 Å². The molecule has 2 N–H and O–H groups in total. The molecule has 0 atom stereocenters. The summed E-state index contributed by atoms with van der Waals surface area (Å²) in [5, 5.41) is 17.1. The average molecular weight is 156 g/mol. The zero-order valence-corrected chi connectivity index (χ0v) is 5.83. The van der Waals surface area contributed by atoms with Gasteiger partial charge in [-0.1, -0.05) is 12.2 Å². The van der Waals surface area contributed by atoms with Crippen molar-refractivity contribution < 1.29 is 19.8 Å². The van der Waals surface area contributed by atoms with E-state index in [1.165, 1.54) is 0 Å². The van der Waals surface area contributed by atoms with Crippen molar-refractivity contribution in [1.29, 1.82) is 0 Å². The van der Waals surface area contributed by atoms with Gasteiger partial charge in [0.1, 0.15) is 0 Å². The first-order valence-electron chi connectivity index (χ1n) is 3.12. The maximum atomic E-state index is 10.5. The van der Waals surface area contributed by atoms with Crippen LogP contribution in [0.2, 0.25) is 0 Å². The molecule has 0 spiro atoms. The van der Waals surface area contributed by atoms with Crippen molar-refractivity contribution in [2.45, 2.75) is 12.8 Å². The van der Waals surface area contributed by atoms with Gasteiger partial charge in [0.2, 0.25) is 0 Å². The van der Waals surface area contributed by atoms with Crippen LogP contribution in [0.1, 0.15) is 12.8 Å². The fourth-order valence-electron chi connectivity index (χ4n) is 1.20. The number of hydrogen-bond acceptors (Lipinski definition) is 2. The monoisotopic (exact) mass is 156 g/mol. The molecule has 1 aliphatic carbocycles. The van der Waals surface area contributed by atoms with E-state index in [4.69, 9.17) is 10.2 Å². The van der Waals surface area contributed by atoms with Crippen LogP contribution in [0.5, 0.6) is 0 Å². The molecule has 11 heavy (non-hydrogen) atoms. The van der Waals surface area contributed by atoms with Crippen molar-refractivity contribution in [1.82, 2.24) is 0 Å². The Morgan fingerprint density at radius 2 is 1.64 bits per heavy atom. The highest BCUT2D eigenvalue weighted by Gasteiger charge is 2.53. The van der Waals surface area contributed by atoms with Gasteiger partial charge in [-0.15, -0.1) is 0 Å². The van der Waals surface area contributed by atoms with Crippen LogP contribution in [0.15, 0.2) is 12.2 Å². The minimum Gasteiger partial charge on any atom is -0.480 e. The molecule has 0 aliphatic heterocycles. The van der Waals surface area contributed by atoms with E-state index in [9.17, 15) is 9.59 Å². The highest BCUT2D eigenvalue weighted by Crippen LogP contribution is 2.44. The lowest BCUT2D eigenvalue weighted by molar-refractivity contribution is -0.167. The topological polar surface area (TPSA) is 74.6 Å². The molecule has 0 radical (unpaired) electrons. The lowest BCUT2D eigenvalue weighted by Gasteiger charge is -2.35. The first-order valence-corrected chi connectivity index (χ1v) is 3.12. The zero-order valence-electron chi connectivity index (χ0n) is 5.83. The Balaban J connectivity index is 2.85. The molecule has 1 saturated carbocycles. The van der Waals surface area contributed by atoms with Gasteiger partial charge in [0.15, 0.2) is 5.41 Å². The number of carboxylic acids is 2. The molecule has 4 nitrogen and oxygen atoms in total. The van der Waals surface area contributed by atoms with Crippen molar-refractivity contribution >= 4 is 11.9 Å². The Labute approximate surface area is 63.1 Å². The number of carboxylic acid groups (broad SMARTS) is 2. The molecule has 0 saturated heterocycles. The van der Waals surface area contributed by atoms with E-state index >= 15 is 0 Å². The summed E-state index contributed by atoms with van der Waals surface area (Å²) in [7, 11) is 0. The molecular weight excluding hydrogens is 148 g/mol. The fraction of sp³-hybridized carbons (Fsp3) is 0.429. The summed E-state index contributed by atoms with van der Waals surface area (Å²) in [4.78, 5) is 20.9. The number of allylic oxidation sites excluding steroid dienone is 1. The summed E-state index contributed by atoms with van der Waals surface area (Å²) in [6, 6.07) is 0. The third-order valence-corrected chi connectivity index (χ3v) is 1.92. The van der Waals surface area contributed by atoms with E-state index in [-0.39, 0.29) is 12.8 Å². The highest BCUT2D eigenvalue weighted by molar-refractivity contribution is 6.00. The Morgan fingerprint density at radius 3 is 1.73 bits per heavy atom. The summed E-state index contributed by atoms with van der Waals surface area (Å²) in [6.07, 6.45) is 0.134. The molecular formula is C7H8O4. The molecule has 1 aliphatic rings. The van der Waals surface area contributed by atoms with E-state index < -0.39 is 17.4 Å². The maximum absolute atomic E-state index is 10.5. The Bertz CT molecular complexity index is 217. The van der Waals surface area contributed by atoms with Crippen molar-refractivity contribution in [3.63, 3.8) is 0 Å². The van der Waals surface area contributed by atoms with Crippen molar-refractivity contribution in [3.8, 4) is 0 Å².